The number of hydroxylamine groups is 2. The number of nitrogens with zero attached hydrogens (tertiary/aromatic N) is 1. The van der Waals surface area contributed by atoms with E-state index in [2.05, 4.69) is 24.3 Å². The molecule has 3 fully saturated rings. The van der Waals surface area contributed by atoms with Crippen LogP contribution in [0.2, 0.25) is 0 Å². The minimum atomic E-state index is -0.769. The maximum Gasteiger partial charge on any atom is 0.338 e. The third-order valence-electron chi connectivity index (χ3n) is 8.27. The topological polar surface area (TPSA) is 83.5 Å². The second-order valence-electron chi connectivity index (χ2n) is 11.2. The van der Waals surface area contributed by atoms with Crippen LogP contribution in [0.5, 0.6) is 0 Å². The second-order valence-corrected chi connectivity index (χ2v) is 11.2. The van der Waals surface area contributed by atoms with E-state index in [4.69, 9.17) is 23.9 Å². The summed E-state index contributed by atoms with van der Waals surface area (Å²) in [7, 11) is 0. The molecule has 3 aromatic rings. The first-order valence-corrected chi connectivity index (χ1v) is 14.9. The van der Waals surface area contributed by atoms with Gasteiger partial charge in [-0.05, 0) is 36.1 Å². The number of fused-ring (bicyclic) bond motifs is 1. The van der Waals surface area contributed by atoms with Crippen LogP contribution >= 0.6 is 0 Å². The molecule has 6 atom stereocenters. The van der Waals surface area contributed by atoms with Crippen molar-refractivity contribution in [3.8, 4) is 0 Å². The number of Topliss-reactive ketones (excluding diaryl/α,β-unsaturated/α-hetero) is 1. The summed E-state index contributed by atoms with van der Waals surface area (Å²) >= 11 is 0. The standard InChI is InChI=1S/C34H37NO7/c36-29(23-38-22-24-12-4-1-5-13-24)32-20-28-31(40-34(37)26-16-8-3-9-17-26)21-33(42-35(28)41-32)39-30-19-11-10-18-27(30)25-14-6-2-7-15-25/h1-9,12-17,27-28,30-33H,10-11,18-23H2/t27-,28+,30+,31-,32-,33-/m1/s1. The Kier molecular flexibility index (Phi) is 9.37. The lowest BCUT2D eigenvalue weighted by Gasteiger charge is -2.41. The van der Waals surface area contributed by atoms with Gasteiger partial charge in [-0.15, -0.1) is 0 Å². The SMILES string of the molecule is O=C(O[C@@H]1C[C@H](O[C@H]2CCCC[C@@H]2c2ccccc2)ON2O[C@@H](C(=O)COCc3ccccc3)C[C@@H]12)c1ccccc1. The van der Waals surface area contributed by atoms with E-state index in [0.717, 1.165) is 31.2 Å². The molecule has 0 bridgehead atoms. The zero-order chi connectivity index (χ0) is 28.7. The first-order valence-electron chi connectivity index (χ1n) is 14.9. The predicted octanol–water partition coefficient (Wildman–Crippen LogP) is 5.78. The highest BCUT2D eigenvalue weighted by atomic mass is 17.0. The Hall–Kier alpha value is -3.40. The van der Waals surface area contributed by atoms with Crippen LogP contribution in [0.15, 0.2) is 91.0 Å². The van der Waals surface area contributed by atoms with Gasteiger partial charge in [-0.2, -0.15) is 0 Å². The molecule has 1 aliphatic carbocycles. The van der Waals surface area contributed by atoms with Crippen LogP contribution in [0, 0.1) is 0 Å². The molecule has 3 aliphatic rings. The highest BCUT2D eigenvalue weighted by molar-refractivity contribution is 5.89. The molecule has 0 N–H and O–H groups in total. The van der Waals surface area contributed by atoms with Crippen LogP contribution in [-0.4, -0.2) is 54.2 Å². The summed E-state index contributed by atoms with van der Waals surface area (Å²) in [6.45, 7) is 0.246. The molecule has 2 heterocycles. The van der Waals surface area contributed by atoms with E-state index in [9.17, 15) is 9.59 Å². The van der Waals surface area contributed by atoms with Gasteiger partial charge in [-0.25, -0.2) is 9.63 Å². The molecule has 6 rings (SSSR count). The van der Waals surface area contributed by atoms with Gasteiger partial charge in [0.05, 0.1) is 18.3 Å². The van der Waals surface area contributed by atoms with Gasteiger partial charge in [-0.3, -0.25) is 9.63 Å². The molecule has 42 heavy (non-hydrogen) atoms. The number of ketones is 1. The van der Waals surface area contributed by atoms with E-state index in [1.54, 1.807) is 24.3 Å². The number of ether oxygens (including phenoxy) is 3. The van der Waals surface area contributed by atoms with Gasteiger partial charge in [0.1, 0.15) is 24.9 Å². The average Bonchev–Trinajstić information content (AvgIpc) is 3.47. The summed E-state index contributed by atoms with van der Waals surface area (Å²) in [6, 6.07) is 28.6. The summed E-state index contributed by atoms with van der Waals surface area (Å²) < 4.78 is 18.3. The maximum absolute atomic E-state index is 13.1. The van der Waals surface area contributed by atoms with Gasteiger partial charge in [0.15, 0.2) is 12.1 Å². The largest absolute Gasteiger partial charge is 0.457 e. The predicted molar refractivity (Wildman–Crippen MR) is 154 cm³/mol. The fourth-order valence-corrected chi connectivity index (χ4v) is 6.10. The van der Waals surface area contributed by atoms with E-state index in [-0.39, 0.29) is 24.4 Å². The molecule has 0 spiro atoms. The number of hydrogen-bond acceptors (Lipinski definition) is 8. The lowest BCUT2D eigenvalue weighted by Crippen LogP contribution is -2.51. The lowest BCUT2D eigenvalue weighted by molar-refractivity contribution is -0.446. The Labute approximate surface area is 246 Å². The van der Waals surface area contributed by atoms with Crippen molar-refractivity contribution in [3.05, 3.63) is 108 Å². The average molecular weight is 572 g/mol. The fraction of sp³-hybridized carbons (Fsp3) is 0.412. The van der Waals surface area contributed by atoms with Crippen LogP contribution in [0.1, 0.15) is 65.9 Å². The minimum absolute atomic E-state index is 0.0420. The number of rotatable bonds is 10. The van der Waals surface area contributed by atoms with Crippen LogP contribution < -0.4 is 0 Å². The molecule has 2 aliphatic heterocycles. The first-order chi connectivity index (χ1) is 20.6. The van der Waals surface area contributed by atoms with Gasteiger partial charge in [-0.1, -0.05) is 96.9 Å². The maximum atomic E-state index is 13.1. The zero-order valence-electron chi connectivity index (χ0n) is 23.6. The fourth-order valence-electron chi connectivity index (χ4n) is 6.10. The molecule has 8 nitrogen and oxygen atoms in total. The molecule has 2 saturated heterocycles. The molecule has 0 amide bonds. The molecular formula is C34H37NO7. The van der Waals surface area contributed by atoms with Gasteiger partial charge >= 0.3 is 5.97 Å². The van der Waals surface area contributed by atoms with Crippen molar-refractivity contribution in [1.29, 1.82) is 0 Å². The van der Waals surface area contributed by atoms with Crippen LogP contribution in [0.4, 0.5) is 0 Å². The summed E-state index contributed by atoms with van der Waals surface area (Å²) in [4.78, 5) is 38.3. The van der Waals surface area contributed by atoms with Crippen LogP contribution in [0.25, 0.3) is 0 Å². The van der Waals surface area contributed by atoms with Gasteiger partial charge in [0, 0.05) is 18.8 Å². The van der Waals surface area contributed by atoms with E-state index < -0.39 is 30.5 Å². The summed E-state index contributed by atoms with van der Waals surface area (Å²) in [5.41, 5.74) is 2.70. The van der Waals surface area contributed by atoms with Crippen LogP contribution in [-0.2, 0) is 35.3 Å². The second kappa shape index (κ2) is 13.7. The lowest BCUT2D eigenvalue weighted by atomic mass is 9.81. The zero-order valence-corrected chi connectivity index (χ0v) is 23.6. The molecule has 220 valence electrons. The number of carbonyl (C=O) groups is 2. The number of esters is 1. The van der Waals surface area contributed by atoms with Crippen molar-refractivity contribution in [2.45, 2.75) is 81.7 Å². The van der Waals surface area contributed by atoms with E-state index >= 15 is 0 Å². The number of benzene rings is 3. The van der Waals surface area contributed by atoms with Gasteiger partial charge in [0.25, 0.3) is 0 Å². The molecule has 0 unspecified atom stereocenters. The van der Waals surface area contributed by atoms with Crippen molar-refractivity contribution < 1.29 is 33.5 Å². The van der Waals surface area contributed by atoms with Gasteiger partial charge < -0.3 is 14.2 Å². The molecule has 3 aromatic carbocycles. The Balaban J connectivity index is 1.14. The number of carbonyl (C=O) groups excluding carboxylic acids is 2. The quantitative estimate of drug-likeness (QED) is 0.284. The molecular weight excluding hydrogens is 534 g/mol. The molecule has 0 radical (unpaired) electrons. The van der Waals surface area contributed by atoms with E-state index in [0.29, 0.717) is 25.0 Å². The van der Waals surface area contributed by atoms with Crippen LogP contribution in [0.3, 0.4) is 0 Å². The van der Waals surface area contributed by atoms with Crippen molar-refractivity contribution in [3.63, 3.8) is 0 Å². The highest BCUT2D eigenvalue weighted by Gasteiger charge is 2.50. The Bertz CT molecular complexity index is 1310. The minimum Gasteiger partial charge on any atom is -0.457 e. The Morgan fingerprint density at radius 2 is 1.48 bits per heavy atom. The van der Waals surface area contributed by atoms with Crippen molar-refractivity contribution >= 4 is 11.8 Å². The highest BCUT2D eigenvalue weighted by Crippen LogP contribution is 2.39. The molecule has 1 saturated carbocycles. The third-order valence-corrected chi connectivity index (χ3v) is 8.27. The monoisotopic (exact) mass is 571 g/mol. The summed E-state index contributed by atoms with van der Waals surface area (Å²) in [6.07, 6.45) is 2.76. The smallest absolute Gasteiger partial charge is 0.338 e. The van der Waals surface area contributed by atoms with Gasteiger partial charge in [0.2, 0.25) is 0 Å². The normalized spacial score (nSPS) is 27.7. The first kappa shape index (κ1) is 28.7. The van der Waals surface area contributed by atoms with E-state index in [1.165, 1.54) is 10.8 Å². The van der Waals surface area contributed by atoms with Crippen molar-refractivity contribution in [2.24, 2.45) is 0 Å². The third kappa shape index (κ3) is 6.97. The number of hydrogen-bond donors (Lipinski definition) is 0. The Morgan fingerprint density at radius 3 is 2.24 bits per heavy atom. The summed E-state index contributed by atoms with van der Waals surface area (Å²) in [5, 5.41) is 1.33. The molecule has 0 aromatic heterocycles. The molecule has 8 heteroatoms. The van der Waals surface area contributed by atoms with E-state index in [1.807, 2.05) is 42.5 Å². The van der Waals surface area contributed by atoms with Crippen molar-refractivity contribution in [2.75, 3.05) is 6.61 Å². The summed E-state index contributed by atoms with van der Waals surface area (Å²) in [5.74, 6) is -0.366. The Morgan fingerprint density at radius 1 is 0.786 bits per heavy atom. The van der Waals surface area contributed by atoms with Crippen molar-refractivity contribution in [1.82, 2.24) is 5.23 Å².